The summed E-state index contributed by atoms with van der Waals surface area (Å²) in [5.74, 6) is 0.693. The van der Waals surface area contributed by atoms with Crippen molar-refractivity contribution in [1.29, 1.82) is 0 Å². The number of hydrogen-bond acceptors (Lipinski definition) is 5. The van der Waals surface area contributed by atoms with Crippen LogP contribution in [-0.4, -0.2) is 37.1 Å². The number of benzene rings is 1. The number of amides is 2. The van der Waals surface area contributed by atoms with Crippen LogP contribution in [0.3, 0.4) is 0 Å². The van der Waals surface area contributed by atoms with Gasteiger partial charge in [0, 0.05) is 37.9 Å². The van der Waals surface area contributed by atoms with Crippen LogP contribution in [0.15, 0.2) is 47.0 Å². The number of ether oxygens (including phenoxy) is 1. The third kappa shape index (κ3) is 4.87. The van der Waals surface area contributed by atoms with E-state index >= 15 is 0 Å². The topological polar surface area (TPSA) is 93.5 Å². The first kappa shape index (κ1) is 21.5. The smallest absolute Gasteiger partial charge is 0.255 e. The molecule has 0 aliphatic rings. The Bertz CT molecular complexity index is 1080. The van der Waals surface area contributed by atoms with E-state index in [1.54, 1.807) is 43.6 Å². The number of aryl methyl sites for hydroxylation is 1. The minimum atomic E-state index is -0.300. The van der Waals surface area contributed by atoms with Gasteiger partial charge in [-0.05, 0) is 36.8 Å². The van der Waals surface area contributed by atoms with E-state index in [-0.39, 0.29) is 11.8 Å². The van der Waals surface area contributed by atoms with E-state index in [0.29, 0.717) is 52.2 Å². The predicted molar refractivity (Wildman–Crippen MR) is 116 cm³/mol. The Balaban J connectivity index is 2.09. The number of carbonyl (C=O) groups excluding carboxylic acids is 2. The van der Waals surface area contributed by atoms with Gasteiger partial charge in [0.15, 0.2) is 0 Å². The van der Waals surface area contributed by atoms with Crippen LogP contribution in [0.25, 0.3) is 22.6 Å². The number of rotatable bonds is 7. The van der Waals surface area contributed by atoms with E-state index < -0.39 is 0 Å². The minimum absolute atomic E-state index is 0.230. The van der Waals surface area contributed by atoms with E-state index in [1.165, 1.54) is 6.92 Å². The van der Waals surface area contributed by atoms with E-state index in [1.807, 2.05) is 13.0 Å². The molecule has 7 nitrogen and oxygen atoms in total. The number of carbonyl (C=O) groups is 2. The lowest BCUT2D eigenvalue weighted by molar-refractivity contribution is -0.114. The van der Waals surface area contributed by atoms with Gasteiger partial charge < -0.3 is 19.8 Å². The summed E-state index contributed by atoms with van der Waals surface area (Å²) in [6.45, 7) is 4.03. The summed E-state index contributed by atoms with van der Waals surface area (Å²) in [5.41, 5.74) is 2.50. The Morgan fingerprint density at radius 2 is 1.97 bits per heavy atom. The second kappa shape index (κ2) is 9.56. The molecule has 2 heterocycles. The zero-order chi connectivity index (χ0) is 21.7. The van der Waals surface area contributed by atoms with E-state index in [0.717, 1.165) is 5.56 Å². The first-order valence-corrected chi connectivity index (χ1v) is 9.69. The molecule has 0 spiro atoms. The molecular formula is C22H22ClN3O4. The molecule has 1 aromatic carbocycles. The molecule has 2 N–H and O–H groups in total. The number of halogens is 1. The molecule has 2 amide bonds. The van der Waals surface area contributed by atoms with Crippen molar-refractivity contribution in [2.45, 2.75) is 13.8 Å². The molecule has 0 saturated carbocycles. The summed E-state index contributed by atoms with van der Waals surface area (Å²) >= 11 is 6.36. The van der Waals surface area contributed by atoms with Gasteiger partial charge >= 0.3 is 0 Å². The van der Waals surface area contributed by atoms with Gasteiger partial charge in [-0.3, -0.25) is 9.59 Å². The largest absolute Gasteiger partial charge is 0.455 e. The Morgan fingerprint density at radius 3 is 2.67 bits per heavy atom. The van der Waals surface area contributed by atoms with Crippen LogP contribution in [0.5, 0.6) is 0 Å². The Hall–Kier alpha value is -3.16. The molecule has 0 unspecified atom stereocenters. The summed E-state index contributed by atoms with van der Waals surface area (Å²) in [6.07, 6.45) is 1.64. The Labute approximate surface area is 179 Å². The monoisotopic (exact) mass is 427 g/mol. The van der Waals surface area contributed by atoms with Crippen molar-refractivity contribution in [3.63, 3.8) is 0 Å². The highest BCUT2D eigenvalue weighted by Gasteiger charge is 2.22. The number of aromatic nitrogens is 1. The maximum Gasteiger partial charge on any atom is 0.255 e. The van der Waals surface area contributed by atoms with Crippen LogP contribution in [0.4, 0.5) is 5.82 Å². The fourth-order valence-electron chi connectivity index (χ4n) is 2.94. The molecule has 3 aromatic rings. The molecule has 0 aliphatic heterocycles. The van der Waals surface area contributed by atoms with Crippen LogP contribution >= 0.6 is 11.6 Å². The van der Waals surface area contributed by atoms with Gasteiger partial charge in [-0.1, -0.05) is 23.7 Å². The highest BCUT2D eigenvalue weighted by atomic mass is 35.5. The quantitative estimate of drug-likeness (QED) is 0.548. The van der Waals surface area contributed by atoms with E-state index in [2.05, 4.69) is 15.6 Å². The van der Waals surface area contributed by atoms with Gasteiger partial charge in [-0.25, -0.2) is 4.98 Å². The van der Waals surface area contributed by atoms with Gasteiger partial charge in [0.1, 0.15) is 17.3 Å². The summed E-state index contributed by atoms with van der Waals surface area (Å²) in [4.78, 5) is 28.4. The fraction of sp³-hybridized carbons (Fsp3) is 0.227. The SMILES string of the molecule is COCCNC(=O)c1cc(-c2cc(NC(C)=O)ncc2C)oc1-c1ccccc1Cl. The van der Waals surface area contributed by atoms with Crippen LogP contribution in [0.2, 0.25) is 5.02 Å². The van der Waals surface area contributed by atoms with Crippen molar-refractivity contribution in [3.05, 3.63) is 58.7 Å². The van der Waals surface area contributed by atoms with Gasteiger partial charge in [0.05, 0.1) is 17.2 Å². The highest BCUT2D eigenvalue weighted by molar-refractivity contribution is 6.33. The van der Waals surface area contributed by atoms with Gasteiger partial charge in [-0.15, -0.1) is 0 Å². The lowest BCUT2D eigenvalue weighted by Gasteiger charge is -2.07. The molecule has 3 rings (SSSR count). The highest BCUT2D eigenvalue weighted by Crippen LogP contribution is 2.37. The molecule has 0 bridgehead atoms. The number of methoxy groups -OCH3 is 1. The van der Waals surface area contributed by atoms with Crippen molar-refractivity contribution in [2.24, 2.45) is 0 Å². The van der Waals surface area contributed by atoms with Gasteiger partial charge in [-0.2, -0.15) is 0 Å². The molecule has 0 atom stereocenters. The molecule has 30 heavy (non-hydrogen) atoms. The Morgan fingerprint density at radius 1 is 1.20 bits per heavy atom. The van der Waals surface area contributed by atoms with E-state index in [9.17, 15) is 9.59 Å². The minimum Gasteiger partial charge on any atom is -0.455 e. The third-order valence-corrected chi connectivity index (χ3v) is 4.69. The summed E-state index contributed by atoms with van der Waals surface area (Å²) in [5, 5.41) is 5.93. The second-order valence-electron chi connectivity index (χ2n) is 6.65. The summed E-state index contributed by atoms with van der Waals surface area (Å²) in [7, 11) is 1.57. The number of hydrogen-bond donors (Lipinski definition) is 2. The standard InChI is InChI=1S/C22H22ClN3O4/c1-13-12-25-20(26-14(2)27)11-16(13)19-10-17(22(28)24-8-9-29-3)21(30-19)15-6-4-5-7-18(15)23/h4-7,10-12H,8-9H2,1-3H3,(H,24,28)(H,25,26,27). The fourth-order valence-corrected chi connectivity index (χ4v) is 3.16. The molecule has 0 saturated heterocycles. The predicted octanol–water partition coefficient (Wildman–Crippen LogP) is 4.31. The average molecular weight is 428 g/mol. The third-order valence-electron chi connectivity index (χ3n) is 4.36. The maximum atomic E-state index is 12.8. The molecule has 156 valence electrons. The zero-order valence-electron chi connectivity index (χ0n) is 16.9. The van der Waals surface area contributed by atoms with Crippen molar-refractivity contribution in [3.8, 4) is 22.6 Å². The van der Waals surface area contributed by atoms with Gasteiger partial charge in [0.25, 0.3) is 5.91 Å². The molecular weight excluding hydrogens is 406 g/mol. The summed E-state index contributed by atoms with van der Waals surface area (Å²) in [6, 6.07) is 10.5. The summed E-state index contributed by atoms with van der Waals surface area (Å²) < 4.78 is 11.1. The number of anilines is 1. The lowest BCUT2D eigenvalue weighted by Crippen LogP contribution is -2.26. The Kier molecular flexibility index (Phi) is 6.87. The van der Waals surface area contributed by atoms with Crippen molar-refractivity contribution in [1.82, 2.24) is 10.3 Å². The number of nitrogens with one attached hydrogen (secondary N) is 2. The molecule has 0 aliphatic carbocycles. The number of furan rings is 1. The second-order valence-corrected chi connectivity index (χ2v) is 7.05. The first-order chi connectivity index (χ1) is 14.4. The van der Waals surface area contributed by atoms with Crippen LogP contribution in [0.1, 0.15) is 22.8 Å². The lowest BCUT2D eigenvalue weighted by atomic mass is 10.1. The van der Waals surface area contributed by atoms with Crippen LogP contribution in [-0.2, 0) is 9.53 Å². The van der Waals surface area contributed by atoms with Crippen molar-refractivity contribution >= 4 is 29.2 Å². The first-order valence-electron chi connectivity index (χ1n) is 9.31. The normalized spacial score (nSPS) is 10.7. The molecule has 2 aromatic heterocycles. The van der Waals surface area contributed by atoms with Gasteiger partial charge in [0.2, 0.25) is 5.91 Å². The zero-order valence-corrected chi connectivity index (χ0v) is 17.7. The average Bonchev–Trinajstić information content (AvgIpc) is 3.14. The van der Waals surface area contributed by atoms with Crippen LogP contribution < -0.4 is 10.6 Å². The van der Waals surface area contributed by atoms with Crippen molar-refractivity contribution < 1.29 is 18.7 Å². The van der Waals surface area contributed by atoms with Crippen LogP contribution in [0, 0.1) is 6.92 Å². The number of nitrogens with zero attached hydrogens (tertiary/aromatic N) is 1. The molecule has 0 radical (unpaired) electrons. The van der Waals surface area contributed by atoms with Crippen molar-refractivity contribution in [2.75, 3.05) is 25.6 Å². The molecule has 8 heteroatoms. The van der Waals surface area contributed by atoms with E-state index in [4.69, 9.17) is 20.8 Å². The molecule has 0 fully saturated rings. The maximum absolute atomic E-state index is 12.8. The number of pyridine rings is 1.